The number of Topliss-reactive ketones (excluding diaryl/α,β-unsaturated/α-hetero) is 1. The van der Waals surface area contributed by atoms with Crippen molar-refractivity contribution in [1.29, 1.82) is 0 Å². The molecule has 2 amide bonds. The Morgan fingerprint density at radius 3 is 2.00 bits per heavy atom. The van der Waals surface area contributed by atoms with Crippen molar-refractivity contribution < 1.29 is 23.9 Å². The molecule has 1 fully saturated rings. The van der Waals surface area contributed by atoms with Gasteiger partial charge in [-0.05, 0) is 39.5 Å². The number of amides is 2. The smallest absolute Gasteiger partial charge is 0.222 e. The number of rotatable bonds is 14. The number of carbonyl (C=O) groups is 3. The fraction of sp³-hybridized carbons (Fsp3) is 0.875. The zero-order valence-electron chi connectivity index (χ0n) is 20.7. The van der Waals surface area contributed by atoms with Crippen LogP contribution in [0.1, 0.15) is 86.5 Å². The monoisotopic (exact) mass is 442 g/mol. The lowest BCUT2D eigenvalue weighted by atomic mass is 9.83. The SMILES string of the molecule is CC.CCC(=O)C1CCC(NC(=O)CCOCCOCCN(C(=O)CC)C(C)C)CC1. The maximum atomic E-state index is 12.0. The number of hydrogen-bond acceptors (Lipinski definition) is 5. The van der Waals surface area contributed by atoms with Crippen molar-refractivity contribution in [3.05, 3.63) is 0 Å². The van der Waals surface area contributed by atoms with E-state index >= 15 is 0 Å². The maximum Gasteiger partial charge on any atom is 0.222 e. The summed E-state index contributed by atoms with van der Waals surface area (Å²) in [6.45, 7) is 14.1. The molecule has 0 radical (unpaired) electrons. The second kappa shape index (κ2) is 18.1. The highest BCUT2D eigenvalue weighted by molar-refractivity contribution is 5.81. The van der Waals surface area contributed by atoms with Gasteiger partial charge in [0.25, 0.3) is 0 Å². The highest BCUT2D eigenvalue weighted by Gasteiger charge is 2.25. The third kappa shape index (κ3) is 12.9. The van der Waals surface area contributed by atoms with Gasteiger partial charge in [-0.3, -0.25) is 14.4 Å². The average molecular weight is 443 g/mol. The van der Waals surface area contributed by atoms with Crippen molar-refractivity contribution in [3.8, 4) is 0 Å². The van der Waals surface area contributed by atoms with Crippen LogP contribution >= 0.6 is 0 Å². The minimum absolute atomic E-state index is 0.00170. The van der Waals surface area contributed by atoms with Crippen LogP contribution in [0.15, 0.2) is 0 Å². The molecule has 1 N–H and O–H groups in total. The lowest BCUT2D eigenvalue weighted by Gasteiger charge is -2.28. The Labute approximate surface area is 189 Å². The molecule has 0 unspecified atom stereocenters. The molecule has 0 aliphatic heterocycles. The molecule has 31 heavy (non-hydrogen) atoms. The van der Waals surface area contributed by atoms with Crippen LogP contribution < -0.4 is 5.32 Å². The molecule has 7 heteroatoms. The Kier molecular flexibility index (Phi) is 17.3. The molecule has 1 rings (SSSR count). The first-order valence-corrected chi connectivity index (χ1v) is 12.2. The van der Waals surface area contributed by atoms with Crippen molar-refractivity contribution in [2.24, 2.45) is 5.92 Å². The molecule has 0 spiro atoms. The lowest BCUT2D eigenvalue weighted by Crippen LogP contribution is -2.39. The summed E-state index contributed by atoms with van der Waals surface area (Å²) in [6.07, 6.45) is 4.96. The second-order valence-corrected chi connectivity index (χ2v) is 7.95. The van der Waals surface area contributed by atoms with E-state index in [9.17, 15) is 14.4 Å². The number of nitrogens with one attached hydrogen (secondary N) is 1. The van der Waals surface area contributed by atoms with E-state index in [1.54, 1.807) is 0 Å². The molecule has 0 heterocycles. The second-order valence-electron chi connectivity index (χ2n) is 7.95. The van der Waals surface area contributed by atoms with Gasteiger partial charge in [0, 0.05) is 43.8 Å². The van der Waals surface area contributed by atoms with E-state index in [2.05, 4.69) is 5.32 Å². The molecule has 0 saturated heterocycles. The summed E-state index contributed by atoms with van der Waals surface area (Å²) in [5.41, 5.74) is 0. The molecule has 0 aromatic heterocycles. The first kappa shape index (κ1) is 29.5. The van der Waals surface area contributed by atoms with Crippen molar-refractivity contribution >= 4 is 17.6 Å². The van der Waals surface area contributed by atoms with Gasteiger partial charge in [-0.1, -0.05) is 27.7 Å². The molecule has 1 saturated carbocycles. The summed E-state index contributed by atoms with van der Waals surface area (Å²) in [7, 11) is 0. The Morgan fingerprint density at radius 2 is 1.48 bits per heavy atom. The van der Waals surface area contributed by atoms with E-state index in [4.69, 9.17) is 9.47 Å². The molecule has 0 aromatic rings. The van der Waals surface area contributed by atoms with E-state index in [0.29, 0.717) is 58.0 Å². The lowest BCUT2D eigenvalue weighted by molar-refractivity contribution is -0.133. The molecule has 7 nitrogen and oxygen atoms in total. The zero-order valence-corrected chi connectivity index (χ0v) is 20.7. The summed E-state index contributed by atoms with van der Waals surface area (Å²) in [5.74, 6) is 0.668. The van der Waals surface area contributed by atoms with Gasteiger partial charge in [-0.2, -0.15) is 0 Å². The van der Waals surface area contributed by atoms with Crippen molar-refractivity contribution in [3.63, 3.8) is 0 Å². The molecular weight excluding hydrogens is 396 g/mol. The predicted octanol–water partition coefficient (Wildman–Crippen LogP) is 3.74. The number of hydrogen-bond donors (Lipinski definition) is 1. The fourth-order valence-electron chi connectivity index (χ4n) is 3.67. The summed E-state index contributed by atoms with van der Waals surface area (Å²) in [5, 5.41) is 3.05. The standard InChI is InChI=1S/C22H40N2O5.C2H6/c1-5-20(25)18-7-9-19(10-8-18)23-21(26)11-13-28-15-16-29-14-12-24(17(3)4)22(27)6-2;1-2/h17-19H,5-16H2,1-4H3,(H,23,26);1-2H3. The zero-order chi connectivity index (χ0) is 23.6. The molecule has 0 bridgehead atoms. The van der Waals surface area contributed by atoms with Crippen LogP contribution in [0, 0.1) is 5.92 Å². The van der Waals surface area contributed by atoms with E-state index in [0.717, 1.165) is 25.7 Å². The topological polar surface area (TPSA) is 84.9 Å². The fourth-order valence-corrected chi connectivity index (χ4v) is 3.67. The first-order chi connectivity index (χ1) is 14.9. The van der Waals surface area contributed by atoms with Gasteiger partial charge >= 0.3 is 0 Å². The summed E-state index contributed by atoms with van der Waals surface area (Å²) in [4.78, 5) is 37.4. The highest BCUT2D eigenvalue weighted by atomic mass is 16.5. The van der Waals surface area contributed by atoms with Crippen LogP contribution in [0.4, 0.5) is 0 Å². The summed E-state index contributed by atoms with van der Waals surface area (Å²) < 4.78 is 11.0. The third-order valence-electron chi connectivity index (χ3n) is 5.46. The van der Waals surface area contributed by atoms with Gasteiger partial charge in [0.05, 0.1) is 26.4 Å². The summed E-state index contributed by atoms with van der Waals surface area (Å²) in [6, 6.07) is 0.351. The molecule has 0 aromatic carbocycles. The quantitative estimate of drug-likeness (QED) is 0.414. The van der Waals surface area contributed by atoms with Gasteiger partial charge in [-0.15, -0.1) is 0 Å². The highest BCUT2D eigenvalue weighted by Crippen LogP contribution is 2.25. The van der Waals surface area contributed by atoms with Crippen molar-refractivity contribution in [1.82, 2.24) is 10.2 Å². The number of nitrogens with zero attached hydrogens (tertiary/aromatic N) is 1. The normalized spacial score (nSPS) is 18.2. The van der Waals surface area contributed by atoms with Gasteiger partial charge in [-0.25, -0.2) is 0 Å². The van der Waals surface area contributed by atoms with E-state index in [-0.39, 0.29) is 29.8 Å². The van der Waals surface area contributed by atoms with Gasteiger partial charge in [0.2, 0.25) is 11.8 Å². The van der Waals surface area contributed by atoms with Crippen LogP contribution in [0.3, 0.4) is 0 Å². The Balaban J connectivity index is 0.00000436. The van der Waals surface area contributed by atoms with Gasteiger partial charge in [0.1, 0.15) is 5.78 Å². The number of ketones is 1. The Morgan fingerprint density at radius 1 is 0.903 bits per heavy atom. The van der Waals surface area contributed by atoms with Crippen LogP contribution in [-0.4, -0.2) is 67.6 Å². The minimum Gasteiger partial charge on any atom is -0.379 e. The average Bonchev–Trinajstić information content (AvgIpc) is 2.78. The van der Waals surface area contributed by atoms with Gasteiger partial charge < -0.3 is 19.7 Å². The van der Waals surface area contributed by atoms with Crippen molar-refractivity contribution in [2.75, 3.05) is 33.0 Å². The molecule has 182 valence electrons. The van der Waals surface area contributed by atoms with E-state index < -0.39 is 0 Å². The predicted molar refractivity (Wildman–Crippen MR) is 124 cm³/mol. The summed E-state index contributed by atoms with van der Waals surface area (Å²) >= 11 is 0. The van der Waals surface area contributed by atoms with Crippen LogP contribution in [0.2, 0.25) is 0 Å². The van der Waals surface area contributed by atoms with Crippen molar-refractivity contribution in [2.45, 2.75) is 98.6 Å². The maximum absolute atomic E-state index is 12.0. The largest absolute Gasteiger partial charge is 0.379 e. The van der Waals surface area contributed by atoms with Gasteiger partial charge in [0.15, 0.2) is 0 Å². The number of carbonyl (C=O) groups excluding carboxylic acids is 3. The van der Waals surface area contributed by atoms with Crippen LogP contribution in [0.25, 0.3) is 0 Å². The van der Waals surface area contributed by atoms with Crippen LogP contribution in [0.5, 0.6) is 0 Å². The molecular formula is C24H46N2O5. The van der Waals surface area contributed by atoms with E-state index in [1.807, 2.05) is 46.4 Å². The molecule has 0 atom stereocenters. The number of ether oxygens (including phenoxy) is 2. The molecule has 1 aliphatic rings. The third-order valence-corrected chi connectivity index (χ3v) is 5.46. The van der Waals surface area contributed by atoms with E-state index in [1.165, 1.54) is 0 Å². The Hall–Kier alpha value is -1.47. The Bertz CT molecular complexity index is 502. The molecule has 1 aliphatic carbocycles. The van der Waals surface area contributed by atoms with Crippen LogP contribution in [-0.2, 0) is 23.9 Å². The first-order valence-electron chi connectivity index (χ1n) is 12.2. The minimum atomic E-state index is 0.00170.